The molecule has 0 aliphatic carbocycles. The highest BCUT2D eigenvalue weighted by Gasteiger charge is 1.99. The lowest BCUT2D eigenvalue weighted by molar-refractivity contribution is 0.282. The molecule has 0 heterocycles. The Morgan fingerprint density at radius 1 is 1.06 bits per heavy atom. The zero-order valence-corrected chi connectivity index (χ0v) is 12.0. The number of rotatable bonds is 4. The molecule has 0 saturated heterocycles. The second kappa shape index (κ2) is 6.23. The number of benzene rings is 2. The summed E-state index contributed by atoms with van der Waals surface area (Å²) in [6, 6.07) is 13.6. The van der Waals surface area contributed by atoms with Crippen molar-refractivity contribution in [3.8, 4) is 0 Å². The first-order valence-electron chi connectivity index (χ1n) is 5.56. The van der Waals surface area contributed by atoms with Gasteiger partial charge in [-0.1, -0.05) is 29.8 Å². The molecular formula is C14H13BrClNO. The molecule has 0 aromatic heterocycles. The summed E-state index contributed by atoms with van der Waals surface area (Å²) >= 11 is 9.40. The zero-order valence-electron chi connectivity index (χ0n) is 9.66. The molecule has 2 rings (SSSR count). The summed E-state index contributed by atoms with van der Waals surface area (Å²) in [6.45, 7) is 0.786. The molecule has 18 heavy (non-hydrogen) atoms. The van der Waals surface area contributed by atoms with Crippen molar-refractivity contribution in [3.63, 3.8) is 0 Å². The van der Waals surface area contributed by atoms with Gasteiger partial charge >= 0.3 is 0 Å². The number of aliphatic hydroxyl groups is 1. The van der Waals surface area contributed by atoms with Crippen LogP contribution < -0.4 is 5.32 Å². The fourth-order valence-corrected chi connectivity index (χ4v) is 2.03. The number of halogens is 2. The molecule has 94 valence electrons. The zero-order chi connectivity index (χ0) is 13.0. The first kappa shape index (κ1) is 13.4. The predicted molar refractivity (Wildman–Crippen MR) is 78.8 cm³/mol. The molecule has 2 aromatic carbocycles. The fraction of sp³-hybridized carbons (Fsp3) is 0.143. The summed E-state index contributed by atoms with van der Waals surface area (Å²) in [4.78, 5) is 0. The molecule has 0 unspecified atom stereocenters. The summed E-state index contributed by atoms with van der Waals surface area (Å²) in [5, 5.41) is 13.0. The maximum atomic E-state index is 8.95. The summed E-state index contributed by atoms with van der Waals surface area (Å²) in [5.74, 6) is 0. The first-order chi connectivity index (χ1) is 8.69. The molecule has 0 bridgehead atoms. The maximum Gasteiger partial charge on any atom is 0.0681 e. The standard InChI is InChI=1S/C14H13BrClNO/c15-13-6-3-11(7-14(13)16)8-17-12-4-1-10(9-18)2-5-12/h1-7,17-18H,8-9H2. The van der Waals surface area contributed by atoms with E-state index < -0.39 is 0 Å². The minimum Gasteiger partial charge on any atom is -0.392 e. The monoisotopic (exact) mass is 325 g/mol. The Balaban J connectivity index is 1.99. The van der Waals surface area contributed by atoms with Crippen LogP contribution in [0.3, 0.4) is 0 Å². The first-order valence-corrected chi connectivity index (χ1v) is 6.74. The second-order valence-corrected chi connectivity index (χ2v) is 5.22. The van der Waals surface area contributed by atoms with Gasteiger partial charge in [0.25, 0.3) is 0 Å². The van der Waals surface area contributed by atoms with E-state index in [9.17, 15) is 0 Å². The quantitative estimate of drug-likeness (QED) is 0.882. The highest BCUT2D eigenvalue weighted by Crippen LogP contribution is 2.23. The number of anilines is 1. The average Bonchev–Trinajstić information content (AvgIpc) is 2.41. The van der Waals surface area contributed by atoms with Crippen LogP contribution in [0.4, 0.5) is 5.69 Å². The lowest BCUT2D eigenvalue weighted by atomic mass is 10.2. The Morgan fingerprint density at radius 3 is 2.33 bits per heavy atom. The van der Waals surface area contributed by atoms with Crippen LogP contribution in [-0.4, -0.2) is 5.11 Å². The van der Waals surface area contributed by atoms with Crippen molar-refractivity contribution < 1.29 is 5.11 Å². The molecule has 2 aromatic rings. The maximum absolute atomic E-state index is 8.95. The van der Waals surface area contributed by atoms with Crippen LogP contribution >= 0.6 is 27.5 Å². The van der Waals surface area contributed by atoms with Crippen molar-refractivity contribution in [1.29, 1.82) is 0 Å². The van der Waals surface area contributed by atoms with Gasteiger partial charge in [-0.05, 0) is 51.3 Å². The molecule has 0 spiro atoms. The Morgan fingerprint density at radius 2 is 1.72 bits per heavy atom. The van der Waals surface area contributed by atoms with Crippen molar-refractivity contribution in [2.24, 2.45) is 0 Å². The van der Waals surface area contributed by atoms with E-state index in [1.54, 1.807) is 0 Å². The third-order valence-corrected chi connectivity index (χ3v) is 3.85. The summed E-state index contributed by atoms with van der Waals surface area (Å²) in [7, 11) is 0. The van der Waals surface area contributed by atoms with E-state index in [0.717, 1.165) is 21.3 Å². The highest BCUT2D eigenvalue weighted by molar-refractivity contribution is 9.10. The van der Waals surface area contributed by atoms with Gasteiger partial charge in [-0.2, -0.15) is 0 Å². The van der Waals surface area contributed by atoms with E-state index in [0.29, 0.717) is 11.6 Å². The molecule has 2 N–H and O–H groups in total. The van der Waals surface area contributed by atoms with Gasteiger partial charge in [-0.15, -0.1) is 0 Å². The highest BCUT2D eigenvalue weighted by atomic mass is 79.9. The molecule has 0 saturated carbocycles. The summed E-state index contributed by atoms with van der Waals surface area (Å²) < 4.78 is 0.903. The van der Waals surface area contributed by atoms with Gasteiger partial charge in [0.05, 0.1) is 11.6 Å². The van der Waals surface area contributed by atoms with E-state index >= 15 is 0 Å². The SMILES string of the molecule is OCc1ccc(NCc2ccc(Br)c(Cl)c2)cc1. The molecule has 0 aliphatic heterocycles. The van der Waals surface area contributed by atoms with Crippen LogP contribution in [0.15, 0.2) is 46.9 Å². The van der Waals surface area contributed by atoms with Crippen molar-refractivity contribution >= 4 is 33.2 Å². The Labute approximate surface area is 120 Å². The lowest BCUT2D eigenvalue weighted by Gasteiger charge is -2.08. The van der Waals surface area contributed by atoms with E-state index in [4.69, 9.17) is 16.7 Å². The van der Waals surface area contributed by atoms with Crippen LogP contribution in [0.5, 0.6) is 0 Å². The van der Waals surface area contributed by atoms with Crippen LogP contribution in [0, 0.1) is 0 Å². The van der Waals surface area contributed by atoms with E-state index in [-0.39, 0.29) is 6.61 Å². The van der Waals surface area contributed by atoms with Gasteiger partial charge < -0.3 is 10.4 Å². The average molecular weight is 327 g/mol. The smallest absolute Gasteiger partial charge is 0.0681 e. The normalized spacial score (nSPS) is 10.4. The van der Waals surface area contributed by atoms with Gasteiger partial charge in [-0.25, -0.2) is 0 Å². The second-order valence-electron chi connectivity index (χ2n) is 3.96. The minimum atomic E-state index is 0.0720. The third kappa shape index (κ3) is 3.48. The number of aliphatic hydroxyl groups excluding tert-OH is 1. The van der Waals surface area contributed by atoms with Crippen LogP contribution in [0.2, 0.25) is 5.02 Å². The largest absolute Gasteiger partial charge is 0.392 e. The van der Waals surface area contributed by atoms with Crippen molar-refractivity contribution in [2.45, 2.75) is 13.2 Å². The third-order valence-electron chi connectivity index (χ3n) is 2.62. The van der Waals surface area contributed by atoms with Crippen molar-refractivity contribution in [3.05, 3.63) is 63.1 Å². The predicted octanol–water partition coefficient (Wildman–Crippen LogP) is 4.21. The topological polar surface area (TPSA) is 32.3 Å². The van der Waals surface area contributed by atoms with Crippen molar-refractivity contribution in [1.82, 2.24) is 0 Å². The van der Waals surface area contributed by atoms with Crippen LogP contribution in [-0.2, 0) is 13.2 Å². The van der Waals surface area contributed by atoms with Gasteiger partial charge in [-0.3, -0.25) is 0 Å². The number of hydrogen-bond acceptors (Lipinski definition) is 2. The Hall–Kier alpha value is -1.03. The summed E-state index contributed by atoms with van der Waals surface area (Å²) in [6.07, 6.45) is 0. The molecule has 0 amide bonds. The number of hydrogen-bond donors (Lipinski definition) is 2. The van der Waals surface area contributed by atoms with Crippen molar-refractivity contribution in [2.75, 3.05) is 5.32 Å². The van der Waals surface area contributed by atoms with Gasteiger partial charge in [0, 0.05) is 16.7 Å². The van der Waals surface area contributed by atoms with Gasteiger partial charge in [0.1, 0.15) is 0 Å². The van der Waals surface area contributed by atoms with Crippen LogP contribution in [0.25, 0.3) is 0 Å². The van der Waals surface area contributed by atoms with Gasteiger partial charge in [0.15, 0.2) is 0 Å². The molecular weight excluding hydrogens is 314 g/mol. The molecule has 4 heteroatoms. The molecule has 0 fully saturated rings. The number of nitrogens with one attached hydrogen (secondary N) is 1. The molecule has 0 radical (unpaired) electrons. The van der Waals surface area contributed by atoms with Crippen LogP contribution in [0.1, 0.15) is 11.1 Å². The molecule has 0 atom stereocenters. The van der Waals surface area contributed by atoms with Gasteiger partial charge in [0.2, 0.25) is 0 Å². The minimum absolute atomic E-state index is 0.0720. The molecule has 2 nitrogen and oxygen atoms in total. The van der Waals surface area contributed by atoms with E-state index in [2.05, 4.69) is 21.2 Å². The Bertz CT molecular complexity index is 528. The van der Waals surface area contributed by atoms with E-state index in [1.165, 1.54) is 0 Å². The van der Waals surface area contributed by atoms with E-state index in [1.807, 2.05) is 42.5 Å². The fourth-order valence-electron chi connectivity index (χ4n) is 1.58. The molecule has 0 aliphatic rings. The Kier molecular flexibility index (Phi) is 4.64. The summed E-state index contributed by atoms with van der Waals surface area (Å²) in [5.41, 5.74) is 3.05. The lowest BCUT2D eigenvalue weighted by Crippen LogP contribution is -1.99.